The van der Waals surface area contributed by atoms with Gasteiger partial charge in [-0.05, 0) is 55.5 Å². The summed E-state index contributed by atoms with van der Waals surface area (Å²) < 4.78 is 7.27. The number of ether oxygens (including phenoxy) is 1. The zero-order valence-corrected chi connectivity index (χ0v) is 16.1. The van der Waals surface area contributed by atoms with E-state index in [-0.39, 0.29) is 5.69 Å². The lowest BCUT2D eigenvalue weighted by Crippen LogP contribution is -2.26. The number of hydrogen-bond acceptors (Lipinski definition) is 5. The predicted molar refractivity (Wildman–Crippen MR) is 113 cm³/mol. The van der Waals surface area contributed by atoms with Crippen molar-refractivity contribution >= 4 is 11.6 Å². The van der Waals surface area contributed by atoms with Crippen LogP contribution >= 0.6 is 0 Å². The molecule has 0 aliphatic carbocycles. The standard InChI is InChI=1S/C23H18N4O3/c1-16-15-21(28)22(26-27(16)18-5-3-2-4-6-18)23(29)25-17-7-9-19(10-8-17)30-20-11-13-24-14-12-20/h2-15H,1H3,(H,25,29). The molecular formula is C23H18N4O3. The third-order valence-electron chi connectivity index (χ3n) is 4.32. The Bertz CT molecular complexity index is 1220. The second kappa shape index (κ2) is 8.40. The molecule has 0 saturated carbocycles. The van der Waals surface area contributed by atoms with Crippen molar-refractivity contribution in [1.82, 2.24) is 14.8 Å². The van der Waals surface area contributed by atoms with Gasteiger partial charge < -0.3 is 10.1 Å². The summed E-state index contributed by atoms with van der Waals surface area (Å²) in [6.45, 7) is 1.77. The first-order valence-corrected chi connectivity index (χ1v) is 9.26. The summed E-state index contributed by atoms with van der Waals surface area (Å²) in [5.41, 5.74) is 1.31. The van der Waals surface area contributed by atoms with E-state index in [9.17, 15) is 9.59 Å². The summed E-state index contributed by atoms with van der Waals surface area (Å²) >= 11 is 0. The lowest BCUT2D eigenvalue weighted by molar-refractivity contribution is 0.101. The van der Waals surface area contributed by atoms with Crippen LogP contribution in [0.4, 0.5) is 5.69 Å². The number of amides is 1. The van der Waals surface area contributed by atoms with Crippen LogP contribution in [0.15, 0.2) is 90.0 Å². The topological polar surface area (TPSA) is 86.1 Å². The Kier molecular flexibility index (Phi) is 5.34. The molecule has 2 aromatic heterocycles. The maximum atomic E-state index is 12.7. The molecule has 0 bridgehead atoms. The number of rotatable bonds is 5. The highest BCUT2D eigenvalue weighted by atomic mass is 16.5. The number of pyridine rings is 1. The summed E-state index contributed by atoms with van der Waals surface area (Å²) in [5.74, 6) is 0.693. The second-order valence-electron chi connectivity index (χ2n) is 6.51. The number of nitrogens with zero attached hydrogens (tertiary/aromatic N) is 3. The molecule has 0 unspecified atom stereocenters. The lowest BCUT2D eigenvalue weighted by Gasteiger charge is -2.11. The minimum Gasteiger partial charge on any atom is -0.457 e. The predicted octanol–water partition coefficient (Wildman–Crippen LogP) is 3.98. The van der Waals surface area contributed by atoms with Gasteiger partial charge in [-0.3, -0.25) is 14.6 Å². The molecule has 0 saturated heterocycles. The Morgan fingerprint density at radius 1 is 0.933 bits per heavy atom. The Labute approximate surface area is 172 Å². The highest BCUT2D eigenvalue weighted by Gasteiger charge is 2.15. The maximum absolute atomic E-state index is 12.7. The largest absolute Gasteiger partial charge is 0.457 e. The molecule has 30 heavy (non-hydrogen) atoms. The van der Waals surface area contributed by atoms with Crippen LogP contribution < -0.4 is 15.5 Å². The van der Waals surface area contributed by atoms with Crippen molar-refractivity contribution in [3.63, 3.8) is 0 Å². The fraction of sp³-hybridized carbons (Fsp3) is 0.0435. The van der Waals surface area contributed by atoms with Crippen molar-refractivity contribution < 1.29 is 9.53 Å². The van der Waals surface area contributed by atoms with Gasteiger partial charge in [-0.25, -0.2) is 4.68 Å². The molecule has 0 aliphatic rings. The van der Waals surface area contributed by atoms with Gasteiger partial charge in [-0.15, -0.1) is 0 Å². The average molecular weight is 398 g/mol. The minimum absolute atomic E-state index is 0.179. The van der Waals surface area contributed by atoms with E-state index in [1.165, 1.54) is 6.07 Å². The molecule has 1 amide bonds. The van der Waals surface area contributed by atoms with Gasteiger partial charge in [0.2, 0.25) is 5.43 Å². The first-order chi connectivity index (χ1) is 14.6. The first kappa shape index (κ1) is 19.1. The van der Waals surface area contributed by atoms with Crippen molar-refractivity contribution in [2.24, 2.45) is 0 Å². The van der Waals surface area contributed by atoms with E-state index in [1.54, 1.807) is 60.4 Å². The first-order valence-electron chi connectivity index (χ1n) is 9.26. The Morgan fingerprint density at radius 2 is 1.60 bits per heavy atom. The average Bonchev–Trinajstić information content (AvgIpc) is 2.76. The second-order valence-corrected chi connectivity index (χ2v) is 6.51. The third-order valence-corrected chi connectivity index (χ3v) is 4.32. The van der Waals surface area contributed by atoms with Gasteiger partial charge in [0.25, 0.3) is 5.91 Å². The molecule has 0 radical (unpaired) electrons. The van der Waals surface area contributed by atoms with Gasteiger partial charge in [0.1, 0.15) is 11.5 Å². The summed E-state index contributed by atoms with van der Waals surface area (Å²) in [6.07, 6.45) is 3.28. The van der Waals surface area contributed by atoms with Crippen molar-refractivity contribution in [3.8, 4) is 17.2 Å². The van der Waals surface area contributed by atoms with Crippen LogP contribution in [0.5, 0.6) is 11.5 Å². The quantitative estimate of drug-likeness (QED) is 0.550. The summed E-state index contributed by atoms with van der Waals surface area (Å²) in [6, 6.07) is 21.1. The highest BCUT2D eigenvalue weighted by Crippen LogP contribution is 2.22. The zero-order valence-electron chi connectivity index (χ0n) is 16.1. The van der Waals surface area contributed by atoms with Crippen molar-refractivity contribution in [2.75, 3.05) is 5.32 Å². The number of para-hydroxylation sites is 1. The molecule has 7 nitrogen and oxygen atoms in total. The van der Waals surface area contributed by atoms with E-state index < -0.39 is 11.3 Å². The molecule has 0 fully saturated rings. The normalized spacial score (nSPS) is 10.4. The van der Waals surface area contributed by atoms with Crippen LogP contribution in [-0.2, 0) is 0 Å². The highest BCUT2D eigenvalue weighted by molar-refractivity contribution is 6.02. The smallest absolute Gasteiger partial charge is 0.280 e. The fourth-order valence-electron chi connectivity index (χ4n) is 2.87. The van der Waals surface area contributed by atoms with Crippen LogP contribution in [0, 0.1) is 6.92 Å². The maximum Gasteiger partial charge on any atom is 0.280 e. The fourth-order valence-corrected chi connectivity index (χ4v) is 2.87. The molecular weight excluding hydrogens is 380 g/mol. The molecule has 4 aromatic rings. The molecule has 2 aromatic carbocycles. The van der Waals surface area contributed by atoms with E-state index in [0.717, 1.165) is 5.69 Å². The molecule has 2 heterocycles. The summed E-state index contributed by atoms with van der Waals surface area (Å²) in [5, 5.41) is 6.98. The van der Waals surface area contributed by atoms with E-state index in [2.05, 4.69) is 15.4 Å². The molecule has 0 aliphatic heterocycles. The van der Waals surface area contributed by atoms with Crippen LogP contribution in [-0.4, -0.2) is 20.7 Å². The molecule has 0 atom stereocenters. The van der Waals surface area contributed by atoms with E-state index in [4.69, 9.17) is 4.74 Å². The van der Waals surface area contributed by atoms with Crippen LogP contribution in [0.25, 0.3) is 5.69 Å². The van der Waals surface area contributed by atoms with Crippen molar-refractivity contribution in [2.45, 2.75) is 6.92 Å². The number of anilines is 1. The lowest BCUT2D eigenvalue weighted by atomic mass is 10.2. The van der Waals surface area contributed by atoms with Crippen molar-refractivity contribution in [1.29, 1.82) is 0 Å². The number of nitrogens with one attached hydrogen (secondary N) is 1. The van der Waals surface area contributed by atoms with Gasteiger partial charge in [0.05, 0.1) is 5.69 Å². The van der Waals surface area contributed by atoms with Crippen molar-refractivity contribution in [3.05, 3.63) is 107 Å². The third kappa shape index (κ3) is 4.25. The van der Waals surface area contributed by atoms with Crippen LogP contribution in [0.3, 0.4) is 0 Å². The van der Waals surface area contributed by atoms with Crippen LogP contribution in [0.1, 0.15) is 16.2 Å². The Balaban J connectivity index is 1.53. The van der Waals surface area contributed by atoms with Gasteiger partial charge in [0, 0.05) is 29.8 Å². The number of aryl methyl sites for hydroxylation is 1. The number of benzene rings is 2. The molecule has 148 valence electrons. The van der Waals surface area contributed by atoms with Crippen LogP contribution in [0.2, 0.25) is 0 Å². The van der Waals surface area contributed by atoms with Gasteiger partial charge in [-0.2, -0.15) is 5.10 Å². The monoisotopic (exact) mass is 398 g/mol. The van der Waals surface area contributed by atoms with Gasteiger partial charge >= 0.3 is 0 Å². The summed E-state index contributed by atoms with van der Waals surface area (Å²) in [4.78, 5) is 29.0. The molecule has 0 spiro atoms. The number of carbonyl (C=O) groups is 1. The zero-order chi connectivity index (χ0) is 20.9. The number of aromatic nitrogens is 3. The number of hydrogen-bond donors (Lipinski definition) is 1. The SMILES string of the molecule is Cc1cc(=O)c(C(=O)Nc2ccc(Oc3ccncc3)cc2)nn1-c1ccccc1. The van der Waals surface area contributed by atoms with E-state index in [1.807, 2.05) is 30.3 Å². The molecule has 7 heteroatoms. The van der Waals surface area contributed by atoms with E-state index in [0.29, 0.717) is 22.9 Å². The molecule has 1 N–H and O–H groups in total. The van der Waals surface area contributed by atoms with E-state index >= 15 is 0 Å². The Morgan fingerprint density at radius 3 is 2.30 bits per heavy atom. The minimum atomic E-state index is -0.576. The van der Waals surface area contributed by atoms with Gasteiger partial charge in [0.15, 0.2) is 5.69 Å². The molecule has 4 rings (SSSR count). The summed E-state index contributed by atoms with van der Waals surface area (Å²) in [7, 11) is 0. The Hall–Kier alpha value is -4.26. The number of carbonyl (C=O) groups excluding carboxylic acids is 1. The van der Waals surface area contributed by atoms with Gasteiger partial charge in [-0.1, -0.05) is 18.2 Å².